The number of aromatic nitrogens is 2. The van der Waals surface area contributed by atoms with Crippen LogP contribution in [0.2, 0.25) is 10.0 Å². The molecule has 1 aromatic heterocycles. The van der Waals surface area contributed by atoms with Gasteiger partial charge in [0.2, 0.25) is 0 Å². The highest BCUT2D eigenvalue weighted by Gasteiger charge is 2.25. The van der Waals surface area contributed by atoms with E-state index in [1.54, 1.807) is 6.07 Å². The van der Waals surface area contributed by atoms with Crippen LogP contribution >= 0.6 is 23.2 Å². The van der Waals surface area contributed by atoms with E-state index in [2.05, 4.69) is 31.5 Å². The summed E-state index contributed by atoms with van der Waals surface area (Å²) < 4.78 is 7.78. The van der Waals surface area contributed by atoms with Crippen LogP contribution in [0.25, 0.3) is 11.3 Å². The first-order valence-corrected chi connectivity index (χ1v) is 9.21. The molecule has 5 heteroatoms. The topological polar surface area (TPSA) is 27.1 Å². The van der Waals surface area contributed by atoms with Crippen LogP contribution in [0.5, 0.6) is 0 Å². The molecule has 0 aliphatic carbocycles. The fourth-order valence-corrected chi connectivity index (χ4v) is 3.57. The Morgan fingerprint density at radius 1 is 1.21 bits per heavy atom. The van der Waals surface area contributed by atoms with Crippen molar-refractivity contribution in [1.82, 2.24) is 9.55 Å². The smallest absolute Gasteiger partial charge is 0.114 e. The van der Waals surface area contributed by atoms with Gasteiger partial charge in [0.15, 0.2) is 0 Å². The van der Waals surface area contributed by atoms with Crippen LogP contribution in [0.3, 0.4) is 0 Å². The van der Waals surface area contributed by atoms with E-state index >= 15 is 0 Å². The second-order valence-corrected chi connectivity index (χ2v) is 8.38. The van der Waals surface area contributed by atoms with Crippen LogP contribution in [-0.4, -0.2) is 22.8 Å². The molecule has 3 nitrogen and oxygen atoms in total. The maximum atomic E-state index is 6.37. The molecule has 1 aliphatic heterocycles. The molecule has 2 aromatic rings. The summed E-state index contributed by atoms with van der Waals surface area (Å²) >= 11 is 12.5. The lowest BCUT2D eigenvalue weighted by molar-refractivity contribution is 0.0608. The lowest BCUT2D eigenvalue weighted by Gasteiger charge is -2.25. The van der Waals surface area contributed by atoms with Gasteiger partial charge in [-0.15, -0.1) is 0 Å². The van der Waals surface area contributed by atoms with Gasteiger partial charge in [0.05, 0.1) is 10.7 Å². The number of ether oxygens (including phenoxy) is 1. The Hall–Kier alpha value is -1.03. The van der Waals surface area contributed by atoms with Gasteiger partial charge in [-0.25, -0.2) is 4.98 Å². The molecule has 1 saturated heterocycles. The highest BCUT2D eigenvalue weighted by molar-refractivity contribution is 6.35. The van der Waals surface area contributed by atoms with E-state index < -0.39 is 0 Å². The first-order chi connectivity index (χ1) is 11.3. The molecule has 0 amide bonds. The van der Waals surface area contributed by atoms with Crippen molar-refractivity contribution in [2.45, 2.75) is 45.6 Å². The molecule has 130 valence electrons. The third-order valence-electron chi connectivity index (χ3n) is 4.45. The summed E-state index contributed by atoms with van der Waals surface area (Å²) in [4.78, 5) is 4.91. The average Bonchev–Trinajstić information content (AvgIpc) is 2.94. The summed E-state index contributed by atoms with van der Waals surface area (Å²) in [5.41, 5.74) is 1.74. The Kier molecular flexibility index (Phi) is 5.24. The normalized spacial score (nSPS) is 16.5. The highest BCUT2D eigenvalue weighted by atomic mass is 35.5. The molecule has 1 fully saturated rings. The Morgan fingerprint density at radius 2 is 1.92 bits per heavy atom. The number of imidazole rings is 1. The van der Waals surface area contributed by atoms with Crippen LogP contribution in [-0.2, 0) is 16.7 Å². The number of rotatable bonds is 3. The predicted molar refractivity (Wildman–Crippen MR) is 99.9 cm³/mol. The summed E-state index contributed by atoms with van der Waals surface area (Å²) in [6.07, 6.45) is 4.33. The molecule has 0 radical (unpaired) electrons. The van der Waals surface area contributed by atoms with Gasteiger partial charge in [-0.3, -0.25) is 0 Å². The van der Waals surface area contributed by atoms with E-state index in [-0.39, 0.29) is 5.41 Å². The van der Waals surface area contributed by atoms with Crippen LogP contribution in [0, 0.1) is 5.92 Å². The van der Waals surface area contributed by atoms with Crippen molar-refractivity contribution in [2.75, 3.05) is 13.2 Å². The molecule has 24 heavy (non-hydrogen) atoms. The van der Waals surface area contributed by atoms with E-state index in [4.69, 9.17) is 32.9 Å². The average molecular weight is 367 g/mol. The van der Waals surface area contributed by atoms with Crippen molar-refractivity contribution in [3.63, 3.8) is 0 Å². The Bertz CT molecular complexity index is 713. The maximum Gasteiger partial charge on any atom is 0.114 e. The SMILES string of the molecule is CC(C)(C)c1nc(-c2cc(Cl)ccc2Cl)cn1CC1CCOCC1. The Labute approximate surface area is 153 Å². The molecule has 2 heterocycles. The maximum absolute atomic E-state index is 6.37. The second kappa shape index (κ2) is 7.07. The van der Waals surface area contributed by atoms with E-state index in [9.17, 15) is 0 Å². The molecule has 1 aliphatic rings. The molecular weight excluding hydrogens is 343 g/mol. The quantitative estimate of drug-likeness (QED) is 0.708. The number of hydrogen-bond donors (Lipinski definition) is 0. The van der Waals surface area contributed by atoms with Crippen molar-refractivity contribution < 1.29 is 4.74 Å². The van der Waals surface area contributed by atoms with E-state index in [1.165, 1.54) is 0 Å². The number of hydrogen-bond acceptors (Lipinski definition) is 2. The van der Waals surface area contributed by atoms with Gasteiger partial charge >= 0.3 is 0 Å². The zero-order chi connectivity index (χ0) is 17.3. The fraction of sp³-hybridized carbons (Fsp3) is 0.526. The largest absolute Gasteiger partial charge is 0.381 e. The summed E-state index contributed by atoms with van der Waals surface area (Å²) in [5, 5.41) is 1.35. The van der Waals surface area contributed by atoms with Crippen molar-refractivity contribution in [3.8, 4) is 11.3 Å². The molecule has 0 unspecified atom stereocenters. The third kappa shape index (κ3) is 3.96. The van der Waals surface area contributed by atoms with Crippen molar-refractivity contribution in [1.29, 1.82) is 0 Å². The first-order valence-electron chi connectivity index (χ1n) is 8.45. The number of benzene rings is 1. The molecule has 0 bridgehead atoms. The van der Waals surface area contributed by atoms with Gasteiger partial charge < -0.3 is 9.30 Å². The number of halogens is 2. The van der Waals surface area contributed by atoms with E-state index in [1.807, 2.05) is 12.1 Å². The molecule has 0 saturated carbocycles. The zero-order valence-corrected chi connectivity index (χ0v) is 16.0. The zero-order valence-electron chi connectivity index (χ0n) is 14.5. The summed E-state index contributed by atoms with van der Waals surface area (Å²) in [5.74, 6) is 1.72. The van der Waals surface area contributed by atoms with E-state index in [0.29, 0.717) is 16.0 Å². The fourth-order valence-electron chi connectivity index (χ4n) is 3.18. The highest BCUT2D eigenvalue weighted by Crippen LogP contribution is 2.33. The van der Waals surface area contributed by atoms with Gasteiger partial charge in [-0.1, -0.05) is 44.0 Å². The van der Waals surface area contributed by atoms with Crippen LogP contribution in [0.4, 0.5) is 0 Å². The minimum absolute atomic E-state index is 0.0333. The predicted octanol–water partition coefficient (Wildman–Crippen LogP) is 5.58. The van der Waals surface area contributed by atoms with Gasteiger partial charge in [0.1, 0.15) is 5.82 Å². The second-order valence-electron chi connectivity index (χ2n) is 7.53. The first kappa shape index (κ1) is 17.8. The van der Waals surface area contributed by atoms with Gasteiger partial charge in [-0.2, -0.15) is 0 Å². The molecule has 0 atom stereocenters. The summed E-state index contributed by atoms with van der Waals surface area (Å²) in [6, 6.07) is 5.52. The van der Waals surface area contributed by atoms with Crippen LogP contribution in [0.15, 0.2) is 24.4 Å². The van der Waals surface area contributed by atoms with Gasteiger partial charge in [0.25, 0.3) is 0 Å². The third-order valence-corrected chi connectivity index (χ3v) is 5.01. The van der Waals surface area contributed by atoms with Crippen LogP contribution < -0.4 is 0 Å². The molecule has 3 rings (SSSR count). The molecule has 0 N–H and O–H groups in total. The lowest BCUT2D eigenvalue weighted by atomic mass is 9.94. The molecular formula is C19H24Cl2N2O. The Balaban J connectivity index is 1.98. The monoisotopic (exact) mass is 366 g/mol. The summed E-state index contributed by atoms with van der Waals surface area (Å²) in [7, 11) is 0. The van der Waals surface area contributed by atoms with Crippen LogP contribution in [0.1, 0.15) is 39.4 Å². The minimum Gasteiger partial charge on any atom is -0.381 e. The number of nitrogens with zero attached hydrogens (tertiary/aromatic N) is 2. The molecule has 0 spiro atoms. The Morgan fingerprint density at radius 3 is 2.58 bits per heavy atom. The standard InChI is InChI=1S/C19H24Cl2N2O/c1-19(2,3)18-22-17(15-10-14(20)4-5-16(15)21)12-23(18)11-13-6-8-24-9-7-13/h4-5,10,12-13H,6-9,11H2,1-3H3. The van der Waals surface area contributed by atoms with E-state index in [0.717, 1.165) is 49.7 Å². The van der Waals surface area contributed by atoms with Crippen molar-refractivity contribution >= 4 is 23.2 Å². The lowest BCUT2D eigenvalue weighted by Crippen LogP contribution is -2.24. The molecule has 1 aromatic carbocycles. The van der Waals surface area contributed by atoms with Crippen molar-refractivity contribution in [3.05, 3.63) is 40.3 Å². The van der Waals surface area contributed by atoms with Crippen molar-refractivity contribution in [2.24, 2.45) is 5.92 Å². The summed E-state index contributed by atoms with van der Waals surface area (Å²) in [6.45, 7) is 9.27. The van der Waals surface area contributed by atoms with Gasteiger partial charge in [0, 0.05) is 42.0 Å². The minimum atomic E-state index is -0.0333. The van der Waals surface area contributed by atoms with Gasteiger partial charge in [-0.05, 0) is 37.0 Å².